The number of alkyl halides is 3. The zero-order valence-corrected chi connectivity index (χ0v) is 11.9. The Labute approximate surface area is 118 Å². The SMILES string of the molecule is CCCCC/C=C/C=C/[C@@H]1C[C@H](O)C[C@H](C(F)(F)F)N1. The van der Waals surface area contributed by atoms with E-state index >= 15 is 0 Å². The monoisotopic (exact) mass is 291 g/mol. The van der Waals surface area contributed by atoms with E-state index in [1.807, 2.05) is 12.2 Å². The van der Waals surface area contributed by atoms with Gasteiger partial charge in [-0.25, -0.2) is 0 Å². The lowest BCUT2D eigenvalue weighted by molar-refractivity contribution is -0.169. The number of rotatable bonds is 6. The fraction of sp³-hybridized carbons (Fsp3) is 0.733. The lowest BCUT2D eigenvalue weighted by atomic mass is 9.95. The highest BCUT2D eigenvalue weighted by atomic mass is 19.4. The molecule has 0 aromatic carbocycles. The molecule has 1 rings (SSSR count). The Balaban J connectivity index is 2.38. The molecular formula is C15H24F3NO. The van der Waals surface area contributed by atoms with Crippen LogP contribution in [0.4, 0.5) is 13.2 Å². The topological polar surface area (TPSA) is 32.3 Å². The van der Waals surface area contributed by atoms with Crippen LogP contribution in [0.25, 0.3) is 0 Å². The zero-order valence-electron chi connectivity index (χ0n) is 11.9. The Hall–Kier alpha value is -0.810. The lowest BCUT2D eigenvalue weighted by Crippen LogP contribution is -2.53. The first-order chi connectivity index (χ1) is 9.43. The Morgan fingerprint density at radius 2 is 1.95 bits per heavy atom. The van der Waals surface area contributed by atoms with Crippen molar-refractivity contribution in [3.63, 3.8) is 0 Å². The lowest BCUT2D eigenvalue weighted by Gasteiger charge is -2.33. The van der Waals surface area contributed by atoms with E-state index in [2.05, 4.69) is 12.2 Å². The van der Waals surface area contributed by atoms with Crippen molar-refractivity contribution < 1.29 is 18.3 Å². The molecule has 1 heterocycles. The smallest absolute Gasteiger partial charge is 0.393 e. The van der Waals surface area contributed by atoms with Gasteiger partial charge in [0, 0.05) is 6.04 Å². The predicted molar refractivity (Wildman–Crippen MR) is 74.4 cm³/mol. The molecule has 0 aromatic rings. The summed E-state index contributed by atoms with van der Waals surface area (Å²) in [5.74, 6) is 0. The zero-order chi connectivity index (χ0) is 15.0. The van der Waals surface area contributed by atoms with Crippen LogP contribution in [-0.2, 0) is 0 Å². The van der Waals surface area contributed by atoms with Gasteiger partial charge in [0.05, 0.1) is 6.10 Å². The fourth-order valence-corrected chi connectivity index (χ4v) is 2.30. The summed E-state index contributed by atoms with van der Waals surface area (Å²) < 4.78 is 37.9. The third kappa shape index (κ3) is 6.57. The van der Waals surface area contributed by atoms with Crippen LogP contribution in [-0.4, -0.2) is 29.5 Å². The number of halogens is 3. The van der Waals surface area contributed by atoms with Crippen molar-refractivity contribution in [2.24, 2.45) is 0 Å². The van der Waals surface area contributed by atoms with Crippen LogP contribution in [0.15, 0.2) is 24.3 Å². The summed E-state index contributed by atoms with van der Waals surface area (Å²) >= 11 is 0. The van der Waals surface area contributed by atoms with Gasteiger partial charge in [-0.2, -0.15) is 13.2 Å². The van der Waals surface area contributed by atoms with E-state index in [1.165, 1.54) is 12.8 Å². The predicted octanol–water partition coefficient (Wildman–Crippen LogP) is 3.72. The van der Waals surface area contributed by atoms with Crippen molar-refractivity contribution in [2.45, 2.75) is 69.8 Å². The van der Waals surface area contributed by atoms with Crippen LogP contribution in [0.1, 0.15) is 45.4 Å². The number of allylic oxidation sites excluding steroid dienone is 3. The number of aliphatic hydroxyl groups excluding tert-OH is 1. The van der Waals surface area contributed by atoms with Crippen molar-refractivity contribution in [1.29, 1.82) is 0 Å². The average molecular weight is 291 g/mol. The van der Waals surface area contributed by atoms with Crippen LogP contribution < -0.4 is 5.32 Å². The molecule has 1 aliphatic heterocycles. The van der Waals surface area contributed by atoms with E-state index in [-0.39, 0.29) is 6.42 Å². The first kappa shape index (κ1) is 17.2. The molecule has 2 N–H and O–H groups in total. The first-order valence-corrected chi connectivity index (χ1v) is 7.27. The molecule has 0 radical (unpaired) electrons. The summed E-state index contributed by atoms with van der Waals surface area (Å²) in [7, 11) is 0. The van der Waals surface area contributed by atoms with E-state index in [0.717, 1.165) is 12.8 Å². The van der Waals surface area contributed by atoms with Crippen LogP contribution in [0.5, 0.6) is 0 Å². The van der Waals surface area contributed by atoms with E-state index in [9.17, 15) is 18.3 Å². The quantitative estimate of drug-likeness (QED) is 0.577. The van der Waals surface area contributed by atoms with Gasteiger partial charge in [0.15, 0.2) is 0 Å². The second kappa shape index (κ2) is 8.47. The van der Waals surface area contributed by atoms with E-state index in [0.29, 0.717) is 6.42 Å². The molecule has 1 saturated heterocycles. The standard InChI is InChI=1S/C15H24F3NO/c1-2-3-4-5-6-7-8-9-12-10-13(20)11-14(19-12)15(16,17)18/h6-9,12-14,19-20H,2-5,10-11H2,1H3/b7-6+,9-8+/t12-,13+,14-/m1/s1. The van der Waals surface area contributed by atoms with Crippen LogP contribution in [0.3, 0.4) is 0 Å². The molecular weight excluding hydrogens is 267 g/mol. The number of hydrogen-bond donors (Lipinski definition) is 2. The molecule has 0 saturated carbocycles. The van der Waals surface area contributed by atoms with Crippen LogP contribution in [0.2, 0.25) is 0 Å². The minimum Gasteiger partial charge on any atom is -0.393 e. The van der Waals surface area contributed by atoms with Gasteiger partial charge in [0.1, 0.15) is 6.04 Å². The van der Waals surface area contributed by atoms with E-state index in [4.69, 9.17) is 0 Å². The highest BCUT2D eigenvalue weighted by Gasteiger charge is 2.43. The maximum atomic E-state index is 12.6. The summed E-state index contributed by atoms with van der Waals surface area (Å²) in [6, 6.07) is -2.04. The van der Waals surface area contributed by atoms with Crippen molar-refractivity contribution in [1.82, 2.24) is 5.32 Å². The Bertz CT molecular complexity index is 326. The van der Waals surface area contributed by atoms with Gasteiger partial charge in [-0.15, -0.1) is 0 Å². The van der Waals surface area contributed by atoms with Crippen molar-refractivity contribution in [2.75, 3.05) is 0 Å². The minimum absolute atomic E-state index is 0.263. The number of piperidine rings is 1. The maximum absolute atomic E-state index is 12.6. The average Bonchev–Trinajstić information content (AvgIpc) is 2.36. The third-order valence-corrected chi connectivity index (χ3v) is 3.41. The molecule has 0 spiro atoms. The number of unbranched alkanes of at least 4 members (excludes halogenated alkanes) is 3. The Kier molecular flexibility index (Phi) is 7.30. The van der Waals surface area contributed by atoms with Crippen molar-refractivity contribution >= 4 is 0 Å². The summed E-state index contributed by atoms with van der Waals surface area (Å²) in [5, 5.41) is 12.1. The van der Waals surface area contributed by atoms with E-state index < -0.39 is 24.4 Å². The number of nitrogens with one attached hydrogen (secondary N) is 1. The molecule has 0 unspecified atom stereocenters. The highest BCUT2D eigenvalue weighted by Crippen LogP contribution is 2.28. The summed E-state index contributed by atoms with van der Waals surface area (Å²) in [6.07, 6.45) is 6.69. The molecule has 2 nitrogen and oxygen atoms in total. The van der Waals surface area contributed by atoms with Gasteiger partial charge in [-0.05, 0) is 25.7 Å². The van der Waals surface area contributed by atoms with Gasteiger partial charge in [-0.1, -0.05) is 44.1 Å². The first-order valence-electron chi connectivity index (χ1n) is 7.27. The summed E-state index contributed by atoms with van der Waals surface area (Å²) in [6.45, 7) is 2.14. The number of hydrogen-bond acceptors (Lipinski definition) is 2. The van der Waals surface area contributed by atoms with Crippen LogP contribution in [0, 0.1) is 0 Å². The molecule has 1 fully saturated rings. The van der Waals surface area contributed by atoms with Crippen molar-refractivity contribution in [3.8, 4) is 0 Å². The summed E-state index contributed by atoms with van der Waals surface area (Å²) in [5.41, 5.74) is 0. The fourth-order valence-electron chi connectivity index (χ4n) is 2.30. The highest BCUT2D eigenvalue weighted by molar-refractivity contribution is 5.08. The Morgan fingerprint density at radius 3 is 2.60 bits per heavy atom. The molecule has 0 bridgehead atoms. The minimum atomic E-state index is -4.30. The normalized spacial score (nSPS) is 28.6. The number of aliphatic hydroxyl groups is 1. The molecule has 0 aliphatic carbocycles. The second-order valence-corrected chi connectivity index (χ2v) is 5.30. The van der Waals surface area contributed by atoms with Gasteiger partial charge < -0.3 is 5.11 Å². The van der Waals surface area contributed by atoms with Gasteiger partial charge in [0.25, 0.3) is 0 Å². The molecule has 3 atom stereocenters. The van der Waals surface area contributed by atoms with E-state index in [1.54, 1.807) is 12.2 Å². The van der Waals surface area contributed by atoms with Gasteiger partial charge >= 0.3 is 6.18 Å². The summed E-state index contributed by atoms with van der Waals surface area (Å²) in [4.78, 5) is 0. The molecule has 116 valence electrons. The van der Waals surface area contributed by atoms with Gasteiger partial charge in [-0.3, -0.25) is 5.32 Å². The molecule has 5 heteroatoms. The third-order valence-electron chi connectivity index (χ3n) is 3.41. The molecule has 20 heavy (non-hydrogen) atoms. The molecule has 0 aromatic heterocycles. The van der Waals surface area contributed by atoms with Gasteiger partial charge in [0.2, 0.25) is 0 Å². The molecule has 0 amide bonds. The largest absolute Gasteiger partial charge is 0.403 e. The van der Waals surface area contributed by atoms with Crippen molar-refractivity contribution in [3.05, 3.63) is 24.3 Å². The molecule has 1 aliphatic rings. The second-order valence-electron chi connectivity index (χ2n) is 5.30. The maximum Gasteiger partial charge on any atom is 0.403 e. The Morgan fingerprint density at radius 1 is 1.20 bits per heavy atom. The van der Waals surface area contributed by atoms with Crippen LogP contribution >= 0.6 is 0 Å².